The summed E-state index contributed by atoms with van der Waals surface area (Å²) in [5, 5.41) is 19.2. The molecule has 1 aliphatic heterocycles. The fourth-order valence-corrected chi connectivity index (χ4v) is 5.38. The smallest absolute Gasteiger partial charge is 0.335 e. The number of aliphatic hydroxyl groups is 1. The van der Waals surface area contributed by atoms with Gasteiger partial charge in [0.1, 0.15) is 0 Å². The van der Waals surface area contributed by atoms with Crippen LogP contribution < -0.4 is 0 Å². The molecule has 182 valence electrons. The highest BCUT2D eigenvalue weighted by Crippen LogP contribution is 2.42. The SMILES string of the molecule is CC(C)(C)c1ccc(C(=O)O)cc1.CC1CC(C)(C)N(CC(O)c2ccccc2)C(C)(C)C1. The maximum atomic E-state index is 10.6. The molecule has 1 fully saturated rings. The maximum Gasteiger partial charge on any atom is 0.335 e. The van der Waals surface area contributed by atoms with E-state index in [1.165, 1.54) is 12.8 Å². The fraction of sp³-hybridized carbons (Fsp3) is 0.552. The highest BCUT2D eigenvalue weighted by atomic mass is 16.4. The number of carbonyl (C=O) groups is 1. The molecular formula is C29H43NO3. The number of likely N-dealkylation sites (tertiary alicyclic amines) is 1. The number of benzene rings is 2. The van der Waals surface area contributed by atoms with E-state index in [0.29, 0.717) is 12.1 Å². The van der Waals surface area contributed by atoms with E-state index in [-0.39, 0.29) is 16.5 Å². The quantitative estimate of drug-likeness (QED) is 0.541. The van der Waals surface area contributed by atoms with Gasteiger partial charge in [-0.2, -0.15) is 0 Å². The van der Waals surface area contributed by atoms with E-state index in [1.54, 1.807) is 12.1 Å². The van der Waals surface area contributed by atoms with Gasteiger partial charge in [-0.25, -0.2) is 4.79 Å². The van der Waals surface area contributed by atoms with Crippen LogP contribution in [0.25, 0.3) is 0 Å². The summed E-state index contributed by atoms with van der Waals surface area (Å²) in [6, 6.07) is 17.0. The summed E-state index contributed by atoms with van der Waals surface area (Å²) in [6.07, 6.45) is 1.97. The van der Waals surface area contributed by atoms with E-state index >= 15 is 0 Å². The number of carboxylic acid groups (broad SMARTS) is 1. The lowest BCUT2D eigenvalue weighted by molar-refractivity contribution is -0.0713. The third-order valence-electron chi connectivity index (χ3n) is 6.70. The molecule has 2 N–H and O–H groups in total. The van der Waals surface area contributed by atoms with Crippen molar-refractivity contribution in [2.75, 3.05) is 6.54 Å². The average molecular weight is 454 g/mol. The molecule has 4 heteroatoms. The van der Waals surface area contributed by atoms with E-state index in [0.717, 1.165) is 17.0 Å². The van der Waals surface area contributed by atoms with Crippen LogP contribution in [0.2, 0.25) is 0 Å². The Morgan fingerprint density at radius 2 is 1.45 bits per heavy atom. The number of rotatable bonds is 4. The Morgan fingerprint density at radius 1 is 0.970 bits per heavy atom. The molecule has 1 aliphatic rings. The molecule has 2 aromatic carbocycles. The minimum atomic E-state index is -0.875. The van der Waals surface area contributed by atoms with Gasteiger partial charge in [0.15, 0.2) is 0 Å². The van der Waals surface area contributed by atoms with Gasteiger partial charge in [-0.1, -0.05) is 70.2 Å². The highest BCUT2D eigenvalue weighted by molar-refractivity contribution is 5.87. The predicted octanol–water partition coefficient (Wildman–Crippen LogP) is 6.69. The van der Waals surface area contributed by atoms with E-state index in [9.17, 15) is 9.90 Å². The van der Waals surface area contributed by atoms with Crippen molar-refractivity contribution in [1.82, 2.24) is 4.90 Å². The molecule has 33 heavy (non-hydrogen) atoms. The Balaban J connectivity index is 0.000000257. The highest BCUT2D eigenvalue weighted by Gasteiger charge is 2.44. The van der Waals surface area contributed by atoms with Gasteiger partial charge in [0, 0.05) is 17.6 Å². The zero-order valence-electron chi connectivity index (χ0n) is 21.7. The molecule has 0 aliphatic carbocycles. The summed E-state index contributed by atoms with van der Waals surface area (Å²) in [6.45, 7) is 18.6. The Morgan fingerprint density at radius 3 is 1.88 bits per heavy atom. The van der Waals surface area contributed by atoms with Crippen molar-refractivity contribution < 1.29 is 15.0 Å². The minimum Gasteiger partial charge on any atom is -0.478 e. The zero-order valence-corrected chi connectivity index (χ0v) is 21.7. The van der Waals surface area contributed by atoms with Crippen LogP contribution in [-0.4, -0.2) is 38.7 Å². The molecule has 1 saturated heterocycles. The van der Waals surface area contributed by atoms with Crippen LogP contribution >= 0.6 is 0 Å². The fourth-order valence-electron chi connectivity index (χ4n) is 5.38. The van der Waals surface area contributed by atoms with Crippen LogP contribution in [0.3, 0.4) is 0 Å². The molecule has 0 spiro atoms. The largest absolute Gasteiger partial charge is 0.478 e. The van der Waals surface area contributed by atoms with Crippen molar-refractivity contribution in [2.24, 2.45) is 5.92 Å². The van der Waals surface area contributed by atoms with Gasteiger partial charge in [-0.15, -0.1) is 0 Å². The Kier molecular flexibility index (Phi) is 8.53. The molecule has 2 aromatic rings. The molecule has 0 amide bonds. The van der Waals surface area contributed by atoms with Crippen molar-refractivity contribution in [2.45, 2.75) is 90.8 Å². The number of β-amino-alcohol motifs (C(OH)–C–C–N with tert-alkyl or cyclic N) is 1. The number of piperidine rings is 1. The number of aliphatic hydroxyl groups excluding tert-OH is 1. The second-order valence-corrected chi connectivity index (χ2v) is 11.8. The summed E-state index contributed by atoms with van der Waals surface area (Å²) in [5.41, 5.74) is 2.86. The monoisotopic (exact) mass is 453 g/mol. The number of aromatic carboxylic acids is 1. The number of hydrogen-bond donors (Lipinski definition) is 2. The Labute approximate surface area is 200 Å². The third kappa shape index (κ3) is 7.41. The molecule has 4 nitrogen and oxygen atoms in total. The van der Waals surface area contributed by atoms with Gasteiger partial charge < -0.3 is 10.2 Å². The van der Waals surface area contributed by atoms with Crippen molar-refractivity contribution >= 4 is 5.97 Å². The van der Waals surface area contributed by atoms with E-state index in [2.05, 4.69) is 60.3 Å². The standard InChI is InChI=1S/C18H29NO.C11H14O2/c1-14-11-17(2,3)19(18(4,5)12-14)13-16(20)15-9-7-6-8-10-15;1-11(2,3)9-6-4-8(5-7-9)10(12)13/h6-10,14,16,20H,11-13H2,1-5H3;4-7H,1-3H3,(H,12,13). The normalized spacial score (nSPS) is 19.3. The van der Waals surface area contributed by atoms with Gasteiger partial charge in [-0.3, -0.25) is 4.90 Å². The van der Waals surface area contributed by atoms with Crippen LogP contribution in [-0.2, 0) is 5.41 Å². The lowest BCUT2D eigenvalue weighted by Crippen LogP contribution is -2.61. The van der Waals surface area contributed by atoms with Gasteiger partial charge in [0.25, 0.3) is 0 Å². The molecule has 1 atom stereocenters. The van der Waals surface area contributed by atoms with Crippen LogP contribution in [0.15, 0.2) is 54.6 Å². The van der Waals surface area contributed by atoms with Crippen LogP contribution in [0.5, 0.6) is 0 Å². The second kappa shape index (κ2) is 10.4. The zero-order chi connectivity index (χ0) is 25.0. The summed E-state index contributed by atoms with van der Waals surface area (Å²) in [7, 11) is 0. The summed E-state index contributed by atoms with van der Waals surface area (Å²) < 4.78 is 0. The molecule has 0 aromatic heterocycles. The van der Waals surface area contributed by atoms with E-state index in [1.807, 2.05) is 42.5 Å². The van der Waals surface area contributed by atoms with Gasteiger partial charge in [0.05, 0.1) is 11.7 Å². The summed E-state index contributed by atoms with van der Waals surface area (Å²) >= 11 is 0. The molecular weight excluding hydrogens is 410 g/mol. The molecule has 0 saturated carbocycles. The average Bonchev–Trinajstić information content (AvgIpc) is 2.70. The lowest BCUT2D eigenvalue weighted by Gasteiger charge is -2.55. The Hall–Kier alpha value is -2.17. The van der Waals surface area contributed by atoms with Crippen molar-refractivity contribution in [3.8, 4) is 0 Å². The molecule has 0 bridgehead atoms. The number of nitrogens with zero attached hydrogens (tertiary/aromatic N) is 1. The first kappa shape index (κ1) is 27.1. The molecule has 3 rings (SSSR count). The first-order valence-electron chi connectivity index (χ1n) is 12.0. The van der Waals surface area contributed by atoms with Crippen molar-refractivity contribution in [3.63, 3.8) is 0 Å². The summed E-state index contributed by atoms with van der Waals surface area (Å²) in [5.74, 6) is -0.134. The maximum absolute atomic E-state index is 10.6. The van der Waals surface area contributed by atoms with Crippen LogP contribution in [0, 0.1) is 5.92 Å². The lowest BCUT2D eigenvalue weighted by atomic mass is 9.74. The molecule has 1 heterocycles. The van der Waals surface area contributed by atoms with Gasteiger partial charge in [-0.05, 0) is 75.1 Å². The predicted molar refractivity (Wildman–Crippen MR) is 137 cm³/mol. The van der Waals surface area contributed by atoms with E-state index < -0.39 is 12.1 Å². The van der Waals surface area contributed by atoms with Crippen LogP contribution in [0.1, 0.15) is 95.8 Å². The first-order valence-corrected chi connectivity index (χ1v) is 12.0. The van der Waals surface area contributed by atoms with Crippen molar-refractivity contribution in [1.29, 1.82) is 0 Å². The van der Waals surface area contributed by atoms with Gasteiger partial charge in [0.2, 0.25) is 0 Å². The van der Waals surface area contributed by atoms with Gasteiger partial charge >= 0.3 is 5.97 Å². The molecule has 0 radical (unpaired) electrons. The van der Waals surface area contributed by atoms with Crippen LogP contribution in [0.4, 0.5) is 0 Å². The topological polar surface area (TPSA) is 60.8 Å². The minimum absolute atomic E-state index is 0.0804. The number of carboxylic acids is 1. The molecule has 1 unspecified atom stereocenters. The Bertz CT molecular complexity index is 877. The number of hydrogen-bond acceptors (Lipinski definition) is 3. The third-order valence-corrected chi connectivity index (χ3v) is 6.70. The summed E-state index contributed by atoms with van der Waals surface area (Å²) in [4.78, 5) is 13.1. The second-order valence-electron chi connectivity index (χ2n) is 11.8. The van der Waals surface area contributed by atoms with E-state index in [4.69, 9.17) is 5.11 Å². The first-order chi connectivity index (χ1) is 15.1. The van der Waals surface area contributed by atoms with Crippen molar-refractivity contribution in [3.05, 3.63) is 71.3 Å².